The van der Waals surface area contributed by atoms with Crippen LogP contribution in [-0.4, -0.2) is 202 Å². The Kier molecular flexibility index (Phi) is 29.4. The Morgan fingerprint density at radius 3 is 1.03 bits per heavy atom. The number of carbonyl (C=O) groups excluding carboxylic acids is 11. The van der Waals surface area contributed by atoms with Crippen LogP contribution >= 0.6 is 80.9 Å². The molecule has 15 aliphatic carbocycles. The largest absolute Gasteiger partial charge is 0.484 e. The zero-order valence-corrected chi connectivity index (χ0v) is 84.4. The van der Waals surface area contributed by atoms with Gasteiger partial charge in [-0.3, -0.25) is 62.1 Å². The van der Waals surface area contributed by atoms with Gasteiger partial charge in [-0.2, -0.15) is 23.4 Å². The number of benzene rings is 5. The summed E-state index contributed by atoms with van der Waals surface area (Å²) in [5.74, 6) is -5.95. The van der Waals surface area contributed by atoms with Gasteiger partial charge >= 0.3 is 6.18 Å². The third-order valence-electron chi connectivity index (χ3n) is 26.4. The molecular formula is C94H90Cl6F8N18O19S2. The average Bonchev–Trinajstić information content (AvgIpc) is 1.57. The fraction of sp³-hybridized carbons (Fsp3) is 0.394. The van der Waals surface area contributed by atoms with Crippen LogP contribution in [0.25, 0.3) is 0 Å². The van der Waals surface area contributed by atoms with Gasteiger partial charge in [0, 0.05) is 138 Å². The lowest BCUT2D eigenvalue weighted by Gasteiger charge is -2.70. The number of aryl methyl sites for hydroxylation is 3. The highest BCUT2D eigenvalue weighted by atomic mass is 35.5. The van der Waals surface area contributed by atoms with E-state index in [4.69, 9.17) is 97.7 Å². The number of alkyl halides is 3. The second-order valence-electron chi connectivity index (χ2n) is 38.7. The molecule has 0 aliphatic heterocycles. The number of halogens is 14. The van der Waals surface area contributed by atoms with E-state index in [0.29, 0.717) is 112 Å². The van der Waals surface area contributed by atoms with Crippen LogP contribution in [0.3, 0.4) is 0 Å². The van der Waals surface area contributed by atoms with Gasteiger partial charge in [0.2, 0.25) is 11.7 Å². The van der Waals surface area contributed by atoms with Crippen LogP contribution in [0.1, 0.15) is 167 Å². The lowest BCUT2D eigenvalue weighted by Crippen LogP contribution is -2.84. The van der Waals surface area contributed by atoms with E-state index in [-0.39, 0.29) is 207 Å². The normalized spacial score (nSPS) is 24.3. The first-order valence-electron chi connectivity index (χ1n) is 44.9. The number of carbonyl (C=O) groups is 11. The van der Waals surface area contributed by atoms with Gasteiger partial charge in [0.15, 0.2) is 65.8 Å². The summed E-state index contributed by atoms with van der Waals surface area (Å²) in [6.07, 6.45) is 8.83. The Morgan fingerprint density at radius 2 is 0.735 bits per heavy atom. The molecule has 5 heterocycles. The molecule has 15 saturated carbocycles. The van der Waals surface area contributed by atoms with E-state index in [1.807, 2.05) is 0 Å². The summed E-state index contributed by atoms with van der Waals surface area (Å²) in [7, 11) is 1.09. The number of sulfone groups is 1. The summed E-state index contributed by atoms with van der Waals surface area (Å²) < 4.78 is 165. The predicted octanol–water partition coefficient (Wildman–Crippen LogP) is 12.0. The van der Waals surface area contributed by atoms with E-state index >= 15 is 0 Å². The van der Waals surface area contributed by atoms with E-state index < -0.39 is 84.8 Å². The molecular weight excluding hydrogens is 2110 g/mol. The van der Waals surface area contributed by atoms with Crippen molar-refractivity contribution in [1.82, 2.24) is 87.3 Å². The molecule has 25 rings (SSSR count). The molecule has 10 aromatic rings. The number of hydrogen-bond acceptors (Lipinski definition) is 24. The van der Waals surface area contributed by atoms with Gasteiger partial charge in [0.05, 0.1) is 41.4 Å². The lowest BCUT2D eigenvalue weighted by molar-refractivity contribution is -0.143. The highest BCUT2D eigenvalue weighted by molar-refractivity contribution is 7.90. The van der Waals surface area contributed by atoms with E-state index in [0.717, 1.165) is 47.5 Å². The van der Waals surface area contributed by atoms with Crippen molar-refractivity contribution in [1.29, 1.82) is 0 Å². The van der Waals surface area contributed by atoms with E-state index in [1.54, 1.807) is 25.5 Å². The molecule has 0 radical (unpaired) electrons. The molecule has 147 heavy (non-hydrogen) atoms. The molecule has 0 saturated heterocycles. The van der Waals surface area contributed by atoms with Gasteiger partial charge in [-0.25, -0.2) is 40.3 Å². The first-order valence-corrected chi connectivity index (χ1v) is 49.9. The highest BCUT2D eigenvalue weighted by Crippen LogP contribution is 2.64. The number of hydrogen-bond donors (Lipinski definition) is 11. The molecule has 0 unspecified atom stereocenters. The topological polar surface area (TPSA) is 480 Å². The minimum absolute atomic E-state index is 0.00598. The maximum absolute atomic E-state index is 13.4. The monoisotopic (exact) mass is 2200 g/mol. The Hall–Kier alpha value is -13.1. The third kappa shape index (κ3) is 23.9. The summed E-state index contributed by atoms with van der Waals surface area (Å²) >= 11 is 35.2. The molecule has 5 aromatic heterocycles. The quantitative estimate of drug-likeness (QED) is 0.0174. The van der Waals surface area contributed by atoms with Crippen molar-refractivity contribution in [2.24, 2.45) is 21.1 Å². The minimum atomic E-state index is -4.74. The van der Waals surface area contributed by atoms with Gasteiger partial charge in [-0.1, -0.05) is 69.6 Å². The van der Waals surface area contributed by atoms with Crippen molar-refractivity contribution in [2.45, 2.75) is 177 Å². The van der Waals surface area contributed by atoms with Gasteiger partial charge in [0.25, 0.3) is 59.1 Å². The first kappa shape index (κ1) is 107. The molecule has 15 aliphatic rings. The maximum atomic E-state index is 13.4. The third-order valence-corrected chi connectivity index (χ3v) is 30.1. The maximum Gasteiger partial charge on any atom is 0.435 e. The Labute approximate surface area is 864 Å². The number of oxazole rings is 1. The van der Waals surface area contributed by atoms with Crippen molar-refractivity contribution in [2.75, 3.05) is 44.6 Å². The average molecular weight is 2200 g/mol. The Morgan fingerprint density at radius 1 is 0.422 bits per heavy atom. The van der Waals surface area contributed by atoms with Crippen LogP contribution in [0.5, 0.6) is 28.7 Å². The first-order chi connectivity index (χ1) is 69.0. The molecule has 5 aromatic carbocycles. The summed E-state index contributed by atoms with van der Waals surface area (Å²) in [4.78, 5) is 142. The van der Waals surface area contributed by atoms with E-state index in [9.17, 15) is 96.3 Å². The van der Waals surface area contributed by atoms with Crippen molar-refractivity contribution < 1.29 is 124 Å². The number of aromatic nitrogens is 7. The van der Waals surface area contributed by atoms with E-state index in [1.165, 1.54) is 121 Å². The smallest absolute Gasteiger partial charge is 0.435 e. The fourth-order valence-electron chi connectivity index (χ4n) is 20.7. The second-order valence-corrected chi connectivity index (χ2v) is 44.0. The van der Waals surface area contributed by atoms with Gasteiger partial charge in [0.1, 0.15) is 74.2 Å². The molecule has 15 fully saturated rings. The van der Waals surface area contributed by atoms with Crippen molar-refractivity contribution >= 4 is 161 Å². The van der Waals surface area contributed by atoms with Crippen molar-refractivity contribution in [3.63, 3.8) is 0 Å². The standard InChI is InChI=1S/C20H21ClFN3O5S.C19H17ClF4N4O3.C19H18ClFN4O4S.C18H17Cl2FN4O3.C18H17ClFN3O4/c1-25-15(5-6-17(25)31(2,28)29)18(27)24-20-9-19(10-20,11-20)23-16(26)8-30-12-3-4-13(21)14(22)7-12;1-28-5-11(15(27-28)19(22,23)24)16(30)26-18-7-17(8-18,9-18)25-14(29)6-31-10-2-3-12(20)13(21)4-10;1-10(26)22-17-23-14(6-30-17)16(28)25-19-7-18(8-19,9-19)24-15(27)5-29-11-2-3-12(20)13(21)4-11;1-25-5-12(20)15(24-25)16(27)23-18-7-17(8-18,9-18)22-14(26)6-28-10-2-3-11(19)13(21)4-10;1-10-15(27-9-21-10)16(25)23-18-6-17(7-18,8-18)22-14(24)5-26-11-2-3-12(19)13(20)4-11/h3-7H,8-11H2,1-2H3,(H,23,26)(H,24,27);2-5H,6-9H2,1H3,(H,25,29)(H,26,30);2-4,6H,5,7-9H2,1H3,(H,24,27)(H,25,28)(H,22,23,26);2-5H,6-9H2,1H3,(H,22,26)(H,23,27);2-4,9H,5-8H2,1H3,(H,22,24)(H,23,25). The summed E-state index contributed by atoms with van der Waals surface area (Å²) in [5, 5.41) is 41.1. The highest BCUT2D eigenvalue weighted by Gasteiger charge is 2.73. The summed E-state index contributed by atoms with van der Waals surface area (Å²) in [5.41, 5.74) is -4.47. The molecule has 53 heteroatoms. The summed E-state index contributed by atoms with van der Waals surface area (Å²) in [6.45, 7) is 1.77. The van der Waals surface area contributed by atoms with Crippen LogP contribution in [0.4, 0.5) is 40.3 Å². The van der Waals surface area contributed by atoms with Crippen LogP contribution in [0.15, 0.2) is 137 Å². The summed E-state index contributed by atoms with van der Waals surface area (Å²) in [6, 6.07) is 22.6. The van der Waals surface area contributed by atoms with Crippen molar-refractivity contribution in [3.8, 4) is 28.7 Å². The molecule has 0 spiro atoms. The molecule has 10 bridgehead atoms. The molecule has 0 atom stereocenters. The minimum Gasteiger partial charge on any atom is -0.484 e. The predicted molar refractivity (Wildman–Crippen MR) is 512 cm³/mol. The fourth-order valence-corrected chi connectivity index (χ4v) is 23.2. The number of anilines is 1. The SMILES string of the molecule is CC(=O)Nc1nc(C(=O)NC23CC(NC(=O)COc4ccc(Cl)c(F)c4)(C2)C3)cs1.Cc1ncoc1C(=O)NC12CC(NC(=O)COc3ccc(Cl)c(F)c3)(C1)C2.Cn1c(C(=O)NC23CC(NC(=O)COc4ccc(Cl)c(F)c4)(C2)C3)ccc1S(C)(=O)=O.Cn1cc(C(=O)NC23CC(NC(=O)COc4ccc(Cl)c(F)c4)(C2)C3)c(C(F)(F)F)n1.Cn1cc(Cl)c(C(=O)NC23CC(NC(=O)COc4ccc(Cl)c(F)c4)(C2)C3)n1. The second kappa shape index (κ2) is 40.5. The van der Waals surface area contributed by atoms with Crippen molar-refractivity contribution in [3.05, 3.63) is 226 Å². The van der Waals surface area contributed by atoms with Crippen LogP contribution < -0.4 is 82.2 Å². The number of nitrogens with zero attached hydrogens (tertiary/aromatic N) is 7. The van der Waals surface area contributed by atoms with Crippen LogP contribution in [0, 0.1) is 36.0 Å². The molecule has 37 nitrogen and oxygen atoms in total. The van der Waals surface area contributed by atoms with E-state index in [2.05, 4.69) is 78.6 Å². The number of rotatable bonds is 32. The number of ether oxygens (including phenoxy) is 5. The Balaban J connectivity index is 0.000000131. The zero-order chi connectivity index (χ0) is 106. The Bertz CT molecular complexity index is 7030. The van der Waals surface area contributed by atoms with Crippen LogP contribution in [0.2, 0.25) is 30.1 Å². The number of thiazole rings is 1. The molecule has 11 N–H and O–H groups in total. The zero-order valence-electron chi connectivity index (χ0n) is 78.3. The van der Waals surface area contributed by atoms with Crippen LogP contribution in [-0.2, 0) is 65.9 Å². The molecule has 11 amide bonds. The number of amides is 11. The van der Waals surface area contributed by atoms with Gasteiger partial charge in [-0.05, 0) is 176 Å². The molecule has 780 valence electrons. The number of nitrogens with one attached hydrogen (secondary N) is 11. The van der Waals surface area contributed by atoms with Gasteiger partial charge in [-0.15, -0.1) is 11.3 Å². The van der Waals surface area contributed by atoms with Gasteiger partial charge < -0.3 is 91.2 Å². The lowest BCUT2D eigenvalue weighted by atomic mass is 9.44.